The highest BCUT2D eigenvalue weighted by atomic mass is 35.5. The second-order valence-corrected chi connectivity index (χ2v) is 6.48. The molecule has 0 aliphatic rings. The third-order valence-corrected chi connectivity index (χ3v) is 4.51. The number of anilines is 2. The monoisotopic (exact) mass is 384 g/mol. The molecule has 27 heavy (non-hydrogen) atoms. The Morgan fingerprint density at radius 3 is 2.30 bits per heavy atom. The molecule has 0 fully saturated rings. The van der Waals surface area contributed by atoms with E-state index in [1.165, 1.54) is 6.33 Å². The van der Waals surface area contributed by atoms with Gasteiger partial charge in [0.05, 0.1) is 4.92 Å². The first-order chi connectivity index (χ1) is 12.8. The Kier molecular flexibility index (Phi) is 5.23. The fourth-order valence-electron chi connectivity index (χ4n) is 2.54. The van der Waals surface area contributed by atoms with Crippen molar-refractivity contribution < 1.29 is 9.66 Å². The number of halogens is 1. The summed E-state index contributed by atoms with van der Waals surface area (Å²) in [6.07, 6.45) is 1.22. The summed E-state index contributed by atoms with van der Waals surface area (Å²) in [5.74, 6) is 0.319. The van der Waals surface area contributed by atoms with E-state index in [1.54, 1.807) is 12.1 Å². The number of nitrogens with one attached hydrogen (secondary N) is 1. The van der Waals surface area contributed by atoms with Gasteiger partial charge < -0.3 is 10.1 Å². The second-order valence-electron chi connectivity index (χ2n) is 6.10. The fraction of sp³-hybridized carbons (Fsp3) is 0.158. The molecule has 3 rings (SSSR count). The summed E-state index contributed by atoms with van der Waals surface area (Å²) in [6.45, 7) is 5.63. The highest BCUT2D eigenvalue weighted by Gasteiger charge is 2.25. The third kappa shape index (κ3) is 4.15. The Balaban J connectivity index is 1.98. The van der Waals surface area contributed by atoms with Gasteiger partial charge in [-0.2, -0.15) is 4.98 Å². The number of benzene rings is 2. The van der Waals surface area contributed by atoms with Crippen molar-refractivity contribution in [1.82, 2.24) is 9.97 Å². The quantitative estimate of drug-likeness (QED) is 0.461. The van der Waals surface area contributed by atoms with Crippen LogP contribution in [-0.2, 0) is 0 Å². The van der Waals surface area contributed by atoms with Crippen LogP contribution in [0.15, 0.2) is 42.7 Å². The number of aryl methyl sites for hydroxylation is 3. The van der Waals surface area contributed by atoms with Crippen molar-refractivity contribution >= 4 is 28.8 Å². The van der Waals surface area contributed by atoms with Crippen molar-refractivity contribution in [2.75, 3.05) is 5.32 Å². The molecule has 0 spiro atoms. The number of hydrogen-bond acceptors (Lipinski definition) is 6. The minimum atomic E-state index is -0.568. The molecule has 2 aromatic carbocycles. The van der Waals surface area contributed by atoms with Crippen LogP contribution in [-0.4, -0.2) is 14.9 Å². The van der Waals surface area contributed by atoms with Gasteiger partial charge in [0.2, 0.25) is 5.82 Å². The van der Waals surface area contributed by atoms with E-state index in [1.807, 2.05) is 45.0 Å². The summed E-state index contributed by atoms with van der Waals surface area (Å²) in [4.78, 5) is 19.0. The van der Waals surface area contributed by atoms with E-state index in [9.17, 15) is 10.1 Å². The number of nitro groups is 1. The van der Waals surface area contributed by atoms with Gasteiger partial charge in [0, 0.05) is 10.7 Å². The molecule has 0 amide bonds. The average Bonchev–Trinajstić information content (AvgIpc) is 2.61. The first-order valence-corrected chi connectivity index (χ1v) is 8.50. The largest absolute Gasteiger partial charge is 0.434 e. The molecule has 0 aliphatic heterocycles. The Labute approximate surface area is 161 Å². The average molecular weight is 385 g/mol. The molecule has 8 heteroatoms. The molecule has 7 nitrogen and oxygen atoms in total. The van der Waals surface area contributed by atoms with E-state index in [4.69, 9.17) is 16.3 Å². The van der Waals surface area contributed by atoms with Gasteiger partial charge in [-0.15, -0.1) is 0 Å². The van der Waals surface area contributed by atoms with Gasteiger partial charge in [-0.05, 0) is 56.2 Å². The molecule has 3 aromatic rings. The van der Waals surface area contributed by atoms with Crippen molar-refractivity contribution in [1.29, 1.82) is 0 Å². The summed E-state index contributed by atoms with van der Waals surface area (Å²) >= 11 is 6.16. The minimum absolute atomic E-state index is 0.0521. The van der Waals surface area contributed by atoms with Crippen molar-refractivity contribution in [2.24, 2.45) is 0 Å². The number of hydrogen-bond donors (Lipinski definition) is 1. The Morgan fingerprint density at radius 1 is 1.07 bits per heavy atom. The van der Waals surface area contributed by atoms with Crippen LogP contribution in [0.1, 0.15) is 16.7 Å². The topological polar surface area (TPSA) is 90.2 Å². The van der Waals surface area contributed by atoms with Gasteiger partial charge in [0.25, 0.3) is 0 Å². The van der Waals surface area contributed by atoms with Gasteiger partial charge in [-0.1, -0.05) is 29.3 Å². The standard InChI is InChI=1S/C19H17ClN4O3/c1-11-4-6-14(7-5-11)23-18-17(24(25)26)19(22-10-21-18)27-15-8-12(2)16(20)13(3)9-15/h4-10H,1-3H3,(H,21,22,23). The molecule has 0 radical (unpaired) electrons. The molecule has 1 heterocycles. The molecule has 0 saturated heterocycles. The van der Waals surface area contributed by atoms with Crippen LogP contribution in [0.5, 0.6) is 11.6 Å². The molecular formula is C19H17ClN4O3. The Hall–Kier alpha value is -3.19. The first kappa shape index (κ1) is 18.6. The van der Waals surface area contributed by atoms with Crippen molar-refractivity contribution in [3.63, 3.8) is 0 Å². The summed E-state index contributed by atoms with van der Waals surface area (Å²) < 4.78 is 5.69. The van der Waals surface area contributed by atoms with E-state index < -0.39 is 4.92 Å². The predicted octanol–water partition coefficient (Wildman–Crippen LogP) is 5.50. The van der Waals surface area contributed by atoms with E-state index in [-0.39, 0.29) is 17.4 Å². The number of rotatable bonds is 5. The van der Waals surface area contributed by atoms with E-state index in [2.05, 4.69) is 15.3 Å². The lowest BCUT2D eigenvalue weighted by molar-refractivity contribution is -0.385. The van der Waals surface area contributed by atoms with E-state index in [0.29, 0.717) is 16.5 Å². The zero-order valence-electron chi connectivity index (χ0n) is 15.0. The van der Waals surface area contributed by atoms with Crippen molar-refractivity contribution in [3.8, 4) is 11.6 Å². The fourth-order valence-corrected chi connectivity index (χ4v) is 2.65. The van der Waals surface area contributed by atoms with E-state index in [0.717, 1.165) is 16.7 Å². The predicted molar refractivity (Wildman–Crippen MR) is 104 cm³/mol. The zero-order valence-corrected chi connectivity index (χ0v) is 15.7. The maximum atomic E-state index is 11.6. The SMILES string of the molecule is Cc1ccc(Nc2ncnc(Oc3cc(C)c(Cl)c(C)c3)c2[N+](=O)[O-])cc1. The molecule has 0 bridgehead atoms. The molecule has 0 saturated carbocycles. The summed E-state index contributed by atoms with van der Waals surface area (Å²) in [5.41, 5.74) is 3.02. The number of aromatic nitrogens is 2. The molecule has 1 aromatic heterocycles. The van der Waals surface area contributed by atoms with Crippen LogP contribution in [0.3, 0.4) is 0 Å². The highest BCUT2D eigenvalue weighted by molar-refractivity contribution is 6.32. The van der Waals surface area contributed by atoms with Crippen molar-refractivity contribution in [2.45, 2.75) is 20.8 Å². The molecule has 0 atom stereocenters. The number of ether oxygens (including phenoxy) is 1. The van der Waals surface area contributed by atoms with Gasteiger partial charge in [-0.3, -0.25) is 10.1 Å². The van der Waals surface area contributed by atoms with E-state index >= 15 is 0 Å². The molecule has 138 valence electrons. The first-order valence-electron chi connectivity index (χ1n) is 8.13. The van der Waals surface area contributed by atoms with Gasteiger partial charge in [-0.25, -0.2) is 4.98 Å². The van der Waals surface area contributed by atoms with Crippen LogP contribution in [0.4, 0.5) is 17.2 Å². The van der Waals surface area contributed by atoms with Crippen molar-refractivity contribution in [3.05, 3.63) is 74.6 Å². The molecule has 0 aliphatic carbocycles. The van der Waals surface area contributed by atoms with Gasteiger partial charge in [0.15, 0.2) is 0 Å². The Morgan fingerprint density at radius 2 is 1.70 bits per heavy atom. The molecular weight excluding hydrogens is 368 g/mol. The van der Waals surface area contributed by atoms with Gasteiger partial charge in [0.1, 0.15) is 12.1 Å². The zero-order chi connectivity index (χ0) is 19.6. The normalized spacial score (nSPS) is 10.5. The van der Waals surface area contributed by atoms with Crippen LogP contribution < -0.4 is 10.1 Å². The lowest BCUT2D eigenvalue weighted by Crippen LogP contribution is -2.03. The summed E-state index contributed by atoms with van der Waals surface area (Å²) in [6, 6.07) is 10.8. The van der Waals surface area contributed by atoms with Crippen LogP contribution >= 0.6 is 11.6 Å². The third-order valence-electron chi connectivity index (χ3n) is 3.91. The maximum absolute atomic E-state index is 11.6. The second kappa shape index (κ2) is 7.59. The minimum Gasteiger partial charge on any atom is -0.434 e. The highest BCUT2D eigenvalue weighted by Crippen LogP contribution is 2.36. The Bertz CT molecular complexity index is 983. The van der Waals surface area contributed by atoms with Crippen LogP contribution in [0.25, 0.3) is 0 Å². The smallest absolute Gasteiger partial charge is 0.373 e. The lowest BCUT2D eigenvalue weighted by Gasteiger charge is -2.11. The number of nitrogens with zero attached hydrogens (tertiary/aromatic N) is 3. The maximum Gasteiger partial charge on any atom is 0.373 e. The summed E-state index contributed by atoms with van der Waals surface area (Å²) in [7, 11) is 0. The lowest BCUT2D eigenvalue weighted by atomic mass is 10.1. The van der Waals surface area contributed by atoms with Gasteiger partial charge >= 0.3 is 11.6 Å². The van der Waals surface area contributed by atoms with Crippen LogP contribution in [0.2, 0.25) is 5.02 Å². The molecule has 1 N–H and O–H groups in total. The molecule has 0 unspecified atom stereocenters. The summed E-state index contributed by atoms with van der Waals surface area (Å²) in [5, 5.41) is 15.2. The van der Waals surface area contributed by atoms with Crippen LogP contribution in [0, 0.1) is 30.9 Å².